The number of carboxylic acids is 1. The molecule has 0 spiro atoms. The molecule has 0 amide bonds. The third kappa shape index (κ3) is 2.86. The fraction of sp³-hybridized carbons (Fsp3) is 0.250. The molecule has 2 rings (SSSR count). The van der Waals surface area contributed by atoms with E-state index in [1.807, 2.05) is 0 Å². The highest BCUT2D eigenvalue weighted by molar-refractivity contribution is 6.34. The average Bonchev–Trinajstić information content (AvgIpc) is 2.63. The molecule has 2 N–H and O–H groups in total. The first-order valence-electron chi connectivity index (χ1n) is 5.72. The number of alkyl halides is 3. The van der Waals surface area contributed by atoms with Crippen LogP contribution in [-0.2, 0) is 0 Å². The van der Waals surface area contributed by atoms with E-state index in [1.165, 1.54) is 0 Å². The van der Waals surface area contributed by atoms with Crippen LogP contribution in [0.1, 0.15) is 15.9 Å². The van der Waals surface area contributed by atoms with Crippen molar-refractivity contribution in [2.24, 2.45) is 0 Å². The number of aromatic carboxylic acids is 1. The Labute approximate surface area is 131 Å². The number of hydrogen-bond donors (Lipinski definition) is 2. The lowest BCUT2D eigenvalue weighted by atomic mass is 10.1. The Morgan fingerprint density at radius 2 is 1.95 bits per heavy atom. The van der Waals surface area contributed by atoms with E-state index in [-0.39, 0.29) is 10.7 Å². The monoisotopic (exact) mass is 358 g/mol. The van der Waals surface area contributed by atoms with Gasteiger partial charge in [0.05, 0.1) is 21.3 Å². The summed E-state index contributed by atoms with van der Waals surface area (Å²) in [5.41, 5.74) is 1.07. The number of benzene rings is 1. The number of rotatable bonds is 2. The van der Waals surface area contributed by atoms with E-state index in [0.29, 0.717) is 11.1 Å². The smallest absolute Gasteiger partial charge is 0.410 e. The molecule has 0 fully saturated rings. The highest BCUT2D eigenvalue weighted by atomic mass is 35.5. The van der Waals surface area contributed by atoms with Crippen molar-refractivity contribution < 1.29 is 27.5 Å². The number of hydrogen-bond acceptors (Lipinski definition) is 3. The Morgan fingerprint density at radius 1 is 1.36 bits per heavy atom. The van der Waals surface area contributed by atoms with Gasteiger partial charge in [0, 0.05) is 12.6 Å². The standard InChI is InChI=1S/C12H8Cl2F4N2O2/c1-20-10(12(16,17)18)8(14)9(19-20)5-2-4(11(21)22)6(13)3-7(5)15/h2-3,10,19H,1H3,(H,21,22). The second-order valence-electron chi connectivity index (χ2n) is 4.51. The van der Waals surface area contributed by atoms with Crippen LogP contribution in [0.3, 0.4) is 0 Å². The summed E-state index contributed by atoms with van der Waals surface area (Å²) in [4.78, 5) is 11.0. The summed E-state index contributed by atoms with van der Waals surface area (Å²) in [6, 6.07) is -0.621. The van der Waals surface area contributed by atoms with Crippen molar-refractivity contribution in [3.8, 4) is 0 Å². The average molecular weight is 359 g/mol. The molecule has 1 unspecified atom stereocenters. The normalized spacial score (nSPS) is 19.5. The van der Waals surface area contributed by atoms with Crippen LogP contribution in [0.15, 0.2) is 17.2 Å². The van der Waals surface area contributed by atoms with Gasteiger partial charge in [-0.1, -0.05) is 23.2 Å². The van der Waals surface area contributed by atoms with Crippen LogP contribution in [0.5, 0.6) is 0 Å². The molecule has 1 aliphatic rings. The number of hydrazine groups is 1. The number of nitrogens with zero attached hydrogens (tertiary/aromatic N) is 1. The Hall–Kier alpha value is -1.51. The van der Waals surface area contributed by atoms with E-state index < -0.39 is 40.2 Å². The second-order valence-corrected chi connectivity index (χ2v) is 5.32. The molecule has 0 aromatic heterocycles. The van der Waals surface area contributed by atoms with Gasteiger partial charge in [-0.05, 0) is 12.1 Å². The highest BCUT2D eigenvalue weighted by Gasteiger charge is 2.49. The predicted molar refractivity (Wildman–Crippen MR) is 71.9 cm³/mol. The second kappa shape index (κ2) is 5.60. The number of carboxylic acid groups (broad SMARTS) is 1. The molecule has 0 radical (unpaired) electrons. The zero-order valence-corrected chi connectivity index (χ0v) is 12.3. The van der Waals surface area contributed by atoms with Crippen LogP contribution in [-0.4, -0.2) is 35.4 Å². The van der Waals surface area contributed by atoms with Crippen LogP contribution < -0.4 is 5.43 Å². The zero-order valence-electron chi connectivity index (χ0n) is 10.8. The first-order valence-corrected chi connectivity index (χ1v) is 6.48. The summed E-state index contributed by atoms with van der Waals surface area (Å²) in [6.07, 6.45) is -4.68. The Bertz CT molecular complexity index is 676. The van der Waals surface area contributed by atoms with Crippen LogP contribution in [0.2, 0.25) is 5.02 Å². The third-order valence-electron chi connectivity index (χ3n) is 3.02. The molecule has 1 heterocycles. The van der Waals surface area contributed by atoms with Crippen LogP contribution >= 0.6 is 23.2 Å². The molecular weight excluding hydrogens is 351 g/mol. The number of halogens is 6. The molecule has 1 aromatic rings. The predicted octanol–water partition coefficient (Wildman–Crippen LogP) is 3.47. The van der Waals surface area contributed by atoms with Crippen molar-refractivity contribution in [2.45, 2.75) is 12.2 Å². The lowest BCUT2D eigenvalue weighted by molar-refractivity contribution is -0.168. The lowest BCUT2D eigenvalue weighted by Gasteiger charge is -2.22. The maximum Gasteiger partial charge on any atom is 0.410 e. The fourth-order valence-corrected chi connectivity index (χ4v) is 2.70. The Balaban J connectivity index is 2.59. The summed E-state index contributed by atoms with van der Waals surface area (Å²) >= 11 is 11.3. The van der Waals surface area contributed by atoms with Crippen molar-refractivity contribution >= 4 is 34.9 Å². The van der Waals surface area contributed by atoms with Gasteiger partial charge in [-0.3, -0.25) is 0 Å². The van der Waals surface area contributed by atoms with E-state index >= 15 is 0 Å². The molecule has 1 atom stereocenters. The van der Waals surface area contributed by atoms with E-state index in [0.717, 1.165) is 13.1 Å². The van der Waals surface area contributed by atoms with Crippen LogP contribution in [0.25, 0.3) is 5.70 Å². The fourth-order valence-electron chi connectivity index (χ4n) is 2.06. The van der Waals surface area contributed by atoms with Crippen molar-refractivity contribution in [2.75, 3.05) is 7.05 Å². The maximum atomic E-state index is 14.0. The summed E-state index contributed by atoms with van der Waals surface area (Å²) in [6.45, 7) is 0. The van der Waals surface area contributed by atoms with Gasteiger partial charge in [0.25, 0.3) is 0 Å². The van der Waals surface area contributed by atoms with Gasteiger partial charge < -0.3 is 10.5 Å². The van der Waals surface area contributed by atoms with E-state index in [9.17, 15) is 22.4 Å². The molecule has 0 saturated heterocycles. The summed E-state index contributed by atoms with van der Waals surface area (Å²) in [5.74, 6) is -2.44. The number of carbonyl (C=O) groups is 1. The van der Waals surface area contributed by atoms with Gasteiger partial charge in [-0.2, -0.15) is 13.2 Å². The lowest BCUT2D eigenvalue weighted by Crippen LogP contribution is -2.44. The van der Waals surface area contributed by atoms with Gasteiger partial charge in [0.2, 0.25) is 0 Å². The summed E-state index contributed by atoms with van der Waals surface area (Å²) in [5, 5.41) is 8.56. The molecule has 1 aliphatic heterocycles. The highest BCUT2D eigenvalue weighted by Crippen LogP contribution is 2.39. The van der Waals surface area contributed by atoms with Crippen molar-refractivity contribution in [3.05, 3.63) is 39.1 Å². The first kappa shape index (κ1) is 16.9. The quantitative estimate of drug-likeness (QED) is 0.795. The SMILES string of the molecule is CN1NC(c2cc(C(=O)O)c(Cl)cc2F)=C(Cl)C1C(F)(F)F. The van der Waals surface area contributed by atoms with E-state index in [4.69, 9.17) is 28.3 Å². The molecule has 120 valence electrons. The molecule has 10 heteroatoms. The van der Waals surface area contributed by atoms with Gasteiger partial charge in [0.1, 0.15) is 5.82 Å². The largest absolute Gasteiger partial charge is 0.478 e. The molecule has 4 nitrogen and oxygen atoms in total. The van der Waals surface area contributed by atoms with Gasteiger partial charge in [0.15, 0.2) is 6.04 Å². The molecular formula is C12H8Cl2F4N2O2. The topological polar surface area (TPSA) is 52.6 Å². The summed E-state index contributed by atoms with van der Waals surface area (Å²) < 4.78 is 52.7. The first-order chi connectivity index (χ1) is 10.0. The molecule has 1 aromatic carbocycles. The minimum absolute atomic E-state index is 0.358. The Kier molecular flexibility index (Phi) is 4.29. The molecule has 0 bridgehead atoms. The van der Waals surface area contributed by atoms with E-state index in [2.05, 4.69) is 5.43 Å². The molecule has 0 saturated carbocycles. The van der Waals surface area contributed by atoms with Crippen molar-refractivity contribution in [1.29, 1.82) is 0 Å². The third-order valence-corrected chi connectivity index (χ3v) is 3.73. The van der Waals surface area contributed by atoms with Crippen molar-refractivity contribution in [1.82, 2.24) is 10.4 Å². The zero-order chi connectivity index (χ0) is 16.8. The minimum atomic E-state index is -4.68. The minimum Gasteiger partial charge on any atom is -0.478 e. The van der Waals surface area contributed by atoms with Crippen LogP contribution in [0, 0.1) is 5.82 Å². The maximum absolute atomic E-state index is 14.0. The van der Waals surface area contributed by atoms with Crippen molar-refractivity contribution in [3.63, 3.8) is 0 Å². The number of nitrogens with one attached hydrogen (secondary N) is 1. The van der Waals surface area contributed by atoms with E-state index in [1.54, 1.807) is 0 Å². The Morgan fingerprint density at radius 3 is 2.41 bits per heavy atom. The molecule has 22 heavy (non-hydrogen) atoms. The summed E-state index contributed by atoms with van der Waals surface area (Å²) in [7, 11) is 1.08. The van der Waals surface area contributed by atoms with Gasteiger partial charge in [-0.25, -0.2) is 14.2 Å². The number of likely N-dealkylation sites (N-methyl/N-ethyl adjacent to an activating group) is 1. The van der Waals surface area contributed by atoms with Gasteiger partial charge >= 0.3 is 12.1 Å². The van der Waals surface area contributed by atoms with Crippen LogP contribution in [0.4, 0.5) is 17.6 Å². The molecule has 0 aliphatic carbocycles. The van der Waals surface area contributed by atoms with Gasteiger partial charge in [-0.15, -0.1) is 0 Å².